The lowest BCUT2D eigenvalue weighted by Crippen LogP contribution is -2.14. The van der Waals surface area contributed by atoms with E-state index in [4.69, 9.17) is 0 Å². The maximum atomic E-state index is 4.18. The first-order valence-corrected chi connectivity index (χ1v) is 7.62. The van der Waals surface area contributed by atoms with Gasteiger partial charge in [0.05, 0.1) is 0 Å². The molecule has 2 rings (SSSR count). The van der Waals surface area contributed by atoms with Crippen LogP contribution < -0.4 is 5.32 Å². The van der Waals surface area contributed by atoms with Crippen molar-refractivity contribution in [3.63, 3.8) is 0 Å². The zero-order chi connectivity index (χ0) is 15.4. The van der Waals surface area contributed by atoms with E-state index in [0.29, 0.717) is 0 Å². The molecule has 0 radical (unpaired) electrons. The van der Waals surface area contributed by atoms with Crippen LogP contribution in [-0.4, -0.2) is 0 Å². The number of benzene rings is 1. The lowest BCUT2D eigenvalue weighted by molar-refractivity contribution is 0.824. The highest BCUT2D eigenvalue weighted by Crippen LogP contribution is 2.29. The van der Waals surface area contributed by atoms with Crippen molar-refractivity contribution in [2.24, 2.45) is 0 Å². The molecule has 0 atom stereocenters. The second kappa shape index (κ2) is 6.62. The van der Waals surface area contributed by atoms with Crippen LogP contribution in [0.4, 0.5) is 0 Å². The fourth-order valence-electron chi connectivity index (χ4n) is 2.79. The van der Waals surface area contributed by atoms with Gasteiger partial charge in [-0.2, -0.15) is 0 Å². The summed E-state index contributed by atoms with van der Waals surface area (Å²) >= 11 is 0. The van der Waals surface area contributed by atoms with Crippen LogP contribution in [0.3, 0.4) is 0 Å². The number of aryl methyl sites for hydroxylation is 1. The SMILES string of the molecule is C=C(C)C1=C(CC)C=C(NC(=C)c2cccc(C)c2)CC1. The number of nitrogens with one attached hydrogen (secondary N) is 1. The van der Waals surface area contributed by atoms with Gasteiger partial charge in [-0.05, 0) is 62.0 Å². The van der Waals surface area contributed by atoms with Gasteiger partial charge in [0.15, 0.2) is 0 Å². The summed E-state index contributed by atoms with van der Waals surface area (Å²) in [5, 5.41) is 3.49. The highest BCUT2D eigenvalue weighted by molar-refractivity contribution is 5.64. The average Bonchev–Trinajstić information content (AvgIpc) is 2.46. The molecule has 0 spiro atoms. The van der Waals surface area contributed by atoms with E-state index >= 15 is 0 Å². The third-order valence-electron chi connectivity index (χ3n) is 3.95. The fourth-order valence-corrected chi connectivity index (χ4v) is 2.79. The van der Waals surface area contributed by atoms with Crippen LogP contribution in [0.2, 0.25) is 0 Å². The molecule has 1 aromatic rings. The molecule has 0 aromatic heterocycles. The summed E-state index contributed by atoms with van der Waals surface area (Å²) in [5.41, 5.74) is 8.65. The summed E-state index contributed by atoms with van der Waals surface area (Å²) < 4.78 is 0. The molecule has 0 fully saturated rings. The Bertz CT molecular complexity index is 629. The Labute approximate surface area is 128 Å². The van der Waals surface area contributed by atoms with Gasteiger partial charge in [-0.15, -0.1) is 0 Å². The normalized spacial score (nSPS) is 14.7. The molecule has 0 saturated carbocycles. The monoisotopic (exact) mass is 279 g/mol. The topological polar surface area (TPSA) is 12.0 Å². The van der Waals surface area contributed by atoms with Crippen LogP contribution in [0.1, 0.15) is 44.2 Å². The molecule has 1 N–H and O–H groups in total. The summed E-state index contributed by atoms with van der Waals surface area (Å²) in [7, 11) is 0. The molecule has 1 aliphatic carbocycles. The van der Waals surface area contributed by atoms with Gasteiger partial charge in [0.1, 0.15) is 0 Å². The molecule has 0 aliphatic heterocycles. The Morgan fingerprint density at radius 2 is 2.00 bits per heavy atom. The van der Waals surface area contributed by atoms with E-state index < -0.39 is 0 Å². The molecule has 0 bridgehead atoms. The summed E-state index contributed by atoms with van der Waals surface area (Å²) in [5.74, 6) is 0. The maximum Gasteiger partial charge on any atom is 0.0382 e. The highest BCUT2D eigenvalue weighted by atomic mass is 14.9. The summed E-state index contributed by atoms with van der Waals surface area (Å²) in [4.78, 5) is 0. The van der Waals surface area contributed by atoms with Gasteiger partial charge in [-0.1, -0.05) is 49.4 Å². The van der Waals surface area contributed by atoms with Crippen LogP contribution in [0, 0.1) is 6.92 Å². The molecule has 21 heavy (non-hydrogen) atoms. The average molecular weight is 279 g/mol. The largest absolute Gasteiger partial charge is 0.359 e. The molecular formula is C20H25N. The summed E-state index contributed by atoms with van der Waals surface area (Å²) in [6.07, 6.45) is 5.41. The molecule has 110 valence electrons. The van der Waals surface area contributed by atoms with E-state index in [-0.39, 0.29) is 0 Å². The summed E-state index contributed by atoms with van der Waals surface area (Å²) in [6, 6.07) is 8.44. The van der Waals surface area contributed by atoms with Crippen LogP contribution in [0.5, 0.6) is 0 Å². The Morgan fingerprint density at radius 1 is 1.24 bits per heavy atom. The number of hydrogen-bond donors (Lipinski definition) is 1. The highest BCUT2D eigenvalue weighted by Gasteiger charge is 2.13. The van der Waals surface area contributed by atoms with Crippen LogP contribution in [0.15, 0.2) is 65.9 Å². The minimum atomic E-state index is 0.971. The van der Waals surface area contributed by atoms with Crippen LogP contribution in [0.25, 0.3) is 5.70 Å². The van der Waals surface area contributed by atoms with E-state index in [0.717, 1.165) is 30.5 Å². The van der Waals surface area contributed by atoms with E-state index in [2.05, 4.69) is 69.6 Å². The standard InChI is InChI=1S/C20H25N/c1-6-17-13-19(10-11-20(17)14(2)3)21-16(5)18-9-7-8-15(4)12-18/h7-9,12-13,21H,2,5-6,10-11H2,1,3-4H3. The molecule has 0 amide bonds. The minimum absolute atomic E-state index is 0.971. The number of allylic oxidation sites excluding steroid dienone is 5. The van der Waals surface area contributed by atoms with Gasteiger partial charge in [0.25, 0.3) is 0 Å². The van der Waals surface area contributed by atoms with Crippen LogP contribution >= 0.6 is 0 Å². The second-order valence-electron chi connectivity index (χ2n) is 5.78. The smallest absolute Gasteiger partial charge is 0.0382 e. The van der Waals surface area contributed by atoms with Gasteiger partial charge in [-0.3, -0.25) is 0 Å². The van der Waals surface area contributed by atoms with Gasteiger partial charge >= 0.3 is 0 Å². The molecule has 0 heterocycles. The fraction of sp³-hybridized carbons (Fsp3) is 0.300. The maximum absolute atomic E-state index is 4.18. The number of hydrogen-bond acceptors (Lipinski definition) is 1. The second-order valence-corrected chi connectivity index (χ2v) is 5.78. The summed E-state index contributed by atoms with van der Waals surface area (Å²) in [6.45, 7) is 14.7. The number of rotatable bonds is 5. The first-order chi connectivity index (χ1) is 10.0. The molecule has 0 unspecified atom stereocenters. The van der Waals surface area contributed by atoms with E-state index in [1.54, 1.807) is 0 Å². The van der Waals surface area contributed by atoms with Crippen LogP contribution in [-0.2, 0) is 0 Å². The van der Waals surface area contributed by atoms with E-state index in [9.17, 15) is 0 Å². The molecular weight excluding hydrogens is 254 g/mol. The predicted molar refractivity (Wildman–Crippen MR) is 92.8 cm³/mol. The minimum Gasteiger partial charge on any atom is -0.359 e. The lowest BCUT2D eigenvalue weighted by atomic mass is 9.90. The van der Waals surface area contributed by atoms with Crippen molar-refractivity contribution in [1.29, 1.82) is 0 Å². The Kier molecular flexibility index (Phi) is 4.85. The van der Waals surface area contributed by atoms with Crippen molar-refractivity contribution in [2.45, 2.75) is 40.0 Å². The van der Waals surface area contributed by atoms with E-state index in [1.807, 2.05) is 0 Å². The first-order valence-electron chi connectivity index (χ1n) is 7.62. The molecule has 1 aliphatic rings. The molecule has 0 saturated heterocycles. The Morgan fingerprint density at radius 3 is 2.62 bits per heavy atom. The van der Waals surface area contributed by atoms with Gasteiger partial charge in [-0.25, -0.2) is 0 Å². The van der Waals surface area contributed by atoms with Crippen molar-refractivity contribution in [3.05, 3.63) is 77.0 Å². The molecule has 1 aromatic carbocycles. The van der Waals surface area contributed by atoms with Crippen molar-refractivity contribution in [3.8, 4) is 0 Å². The van der Waals surface area contributed by atoms with Gasteiger partial charge in [0.2, 0.25) is 0 Å². The molecule has 1 nitrogen and oxygen atoms in total. The Balaban J connectivity index is 2.17. The third kappa shape index (κ3) is 3.75. The predicted octanol–water partition coefficient (Wildman–Crippen LogP) is 5.52. The zero-order valence-electron chi connectivity index (χ0n) is 13.4. The van der Waals surface area contributed by atoms with Crippen molar-refractivity contribution < 1.29 is 0 Å². The van der Waals surface area contributed by atoms with Crippen molar-refractivity contribution in [2.75, 3.05) is 0 Å². The Hall–Kier alpha value is -2.02. The van der Waals surface area contributed by atoms with E-state index in [1.165, 1.54) is 28.0 Å². The lowest BCUT2D eigenvalue weighted by Gasteiger charge is -2.22. The molecule has 1 heteroatoms. The quantitative estimate of drug-likeness (QED) is 0.748. The zero-order valence-corrected chi connectivity index (χ0v) is 13.4. The van der Waals surface area contributed by atoms with Crippen molar-refractivity contribution in [1.82, 2.24) is 5.32 Å². The third-order valence-corrected chi connectivity index (χ3v) is 3.95. The van der Waals surface area contributed by atoms with Crippen molar-refractivity contribution >= 4 is 5.70 Å². The first kappa shape index (κ1) is 15.4. The van der Waals surface area contributed by atoms with Gasteiger partial charge < -0.3 is 5.32 Å². The van der Waals surface area contributed by atoms with Gasteiger partial charge in [0, 0.05) is 11.4 Å².